The van der Waals surface area contributed by atoms with E-state index in [4.69, 9.17) is 15.4 Å². The summed E-state index contributed by atoms with van der Waals surface area (Å²) in [5.74, 6) is 0.122. The molecule has 78 valence electrons. The monoisotopic (exact) mass is 206 g/mol. The van der Waals surface area contributed by atoms with E-state index in [1.54, 1.807) is 12.1 Å². The number of amidine groups is 1. The summed E-state index contributed by atoms with van der Waals surface area (Å²) >= 11 is 0. The fourth-order valence-corrected chi connectivity index (χ4v) is 1.42. The molecule has 0 bridgehead atoms. The van der Waals surface area contributed by atoms with Gasteiger partial charge in [-0.15, -0.1) is 0 Å². The van der Waals surface area contributed by atoms with E-state index in [2.05, 4.69) is 5.16 Å². The number of phenolic OH excluding ortho intramolecular Hbond substituents is 1. The van der Waals surface area contributed by atoms with Gasteiger partial charge in [0, 0.05) is 23.4 Å². The van der Waals surface area contributed by atoms with Crippen LogP contribution in [0.25, 0.3) is 11.0 Å². The summed E-state index contributed by atoms with van der Waals surface area (Å²) < 4.78 is 5.11. The first-order valence-corrected chi connectivity index (χ1v) is 4.36. The second-order valence-electron chi connectivity index (χ2n) is 3.21. The van der Waals surface area contributed by atoms with Gasteiger partial charge in [-0.1, -0.05) is 5.16 Å². The zero-order valence-electron chi connectivity index (χ0n) is 7.84. The van der Waals surface area contributed by atoms with Crippen molar-refractivity contribution < 1.29 is 14.7 Å². The van der Waals surface area contributed by atoms with E-state index in [0.717, 1.165) is 5.39 Å². The van der Waals surface area contributed by atoms with Gasteiger partial charge < -0.3 is 20.5 Å². The van der Waals surface area contributed by atoms with Gasteiger partial charge in [0.25, 0.3) is 0 Å². The number of phenols is 1. The lowest BCUT2D eigenvalue weighted by molar-refractivity contribution is 0.317. The minimum Gasteiger partial charge on any atom is -0.508 e. The zero-order chi connectivity index (χ0) is 10.8. The van der Waals surface area contributed by atoms with Crippen molar-refractivity contribution in [2.24, 2.45) is 10.9 Å². The predicted octanol–water partition coefficient (Wildman–Crippen LogP) is 1.43. The molecule has 0 aliphatic heterocycles. The molecule has 0 amide bonds. The third kappa shape index (κ3) is 1.71. The van der Waals surface area contributed by atoms with Crippen LogP contribution < -0.4 is 5.73 Å². The van der Waals surface area contributed by atoms with Crippen LogP contribution in [0.5, 0.6) is 5.75 Å². The van der Waals surface area contributed by atoms with Gasteiger partial charge in [-0.2, -0.15) is 0 Å². The number of hydrogen-bond acceptors (Lipinski definition) is 4. The van der Waals surface area contributed by atoms with Crippen LogP contribution in [-0.2, 0) is 6.42 Å². The van der Waals surface area contributed by atoms with Crippen LogP contribution in [0.15, 0.2) is 34.0 Å². The third-order valence-electron chi connectivity index (χ3n) is 2.15. The summed E-state index contributed by atoms with van der Waals surface area (Å²) in [7, 11) is 0. The van der Waals surface area contributed by atoms with Crippen molar-refractivity contribution >= 4 is 16.8 Å². The van der Waals surface area contributed by atoms with E-state index >= 15 is 0 Å². The molecule has 0 aliphatic rings. The lowest BCUT2D eigenvalue weighted by Gasteiger charge is -2.03. The van der Waals surface area contributed by atoms with Gasteiger partial charge in [0.2, 0.25) is 0 Å². The molecule has 5 nitrogen and oxygen atoms in total. The Hall–Kier alpha value is -2.17. The third-order valence-corrected chi connectivity index (χ3v) is 2.15. The Balaban J connectivity index is 2.46. The molecule has 2 rings (SSSR count). The van der Waals surface area contributed by atoms with Crippen LogP contribution in [-0.4, -0.2) is 16.1 Å². The highest BCUT2D eigenvalue weighted by molar-refractivity contribution is 5.86. The maximum absolute atomic E-state index is 9.62. The highest BCUT2D eigenvalue weighted by Gasteiger charge is 2.07. The summed E-state index contributed by atoms with van der Waals surface area (Å²) in [5, 5.41) is 21.8. The number of benzene rings is 1. The average molecular weight is 206 g/mol. The second kappa shape index (κ2) is 3.53. The van der Waals surface area contributed by atoms with Gasteiger partial charge in [0.1, 0.15) is 17.2 Å². The quantitative estimate of drug-likeness (QED) is 0.300. The lowest BCUT2D eigenvalue weighted by Crippen LogP contribution is -2.14. The minimum atomic E-state index is 0.0492. The summed E-state index contributed by atoms with van der Waals surface area (Å²) in [6.07, 6.45) is 1.74. The molecule has 0 fully saturated rings. The predicted molar refractivity (Wildman–Crippen MR) is 55.0 cm³/mol. The maximum Gasteiger partial charge on any atom is 0.143 e. The van der Waals surface area contributed by atoms with Crippen molar-refractivity contribution in [1.82, 2.24) is 0 Å². The van der Waals surface area contributed by atoms with E-state index < -0.39 is 0 Å². The van der Waals surface area contributed by atoms with Gasteiger partial charge in [-0.05, 0) is 12.1 Å². The van der Waals surface area contributed by atoms with Crippen molar-refractivity contribution in [2.45, 2.75) is 6.42 Å². The highest BCUT2D eigenvalue weighted by atomic mass is 16.4. The molecular formula is C10H10N2O3. The van der Waals surface area contributed by atoms with Crippen LogP contribution in [0.1, 0.15) is 5.56 Å². The topological polar surface area (TPSA) is 92.0 Å². The zero-order valence-corrected chi connectivity index (χ0v) is 7.84. The Morgan fingerprint density at radius 3 is 3.00 bits per heavy atom. The average Bonchev–Trinajstić information content (AvgIpc) is 2.65. The maximum atomic E-state index is 9.62. The van der Waals surface area contributed by atoms with Crippen molar-refractivity contribution in [2.75, 3.05) is 0 Å². The molecule has 2 aromatic rings. The summed E-state index contributed by atoms with van der Waals surface area (Å²) in [4.78, 5) is 0. The van der Waals surface area contributed by atoms with Crippen molar-refractivity contribution in [3.05, 3.63) is 30.0 Å². The number of hydrogen-bond donors (Lipinski definition) is 3. The number of rotatable bonds is 2. The van der Waals surface area contributed by atoms with Gasteiger partial charge >= 0.3 is 0 Å². The van der Waals surface area contributed by atoms with E-state index in [1.807, 2.05) is 0 Å². The number of furan rings is 1. The summed E-state index contributed by atoms with van der Waals surface area (Å²) in [6, 6.07) is 5.03. The highest BCUT2D eigenvalue weighted by Crippen LogP contribution is 2.25. The molecule has 0 spiro atoms. The van der Waals surface area contributed by atoms with Crippen molar-refractivity contribution in [3.8, 4) is 5.75 Å². The van der Waals surface area contributed by atoms with Gasteiger partial charge in [-0.25, -0.2) is 0 Å². The molecule has 1 aromatic heterocycles. The van der Waals surface area contributed by atoms with Crippen molar-refractivity contribution in [1.29, 1.82) is 0 Å². The molecule has 0 saturated heterocycles. The number of aromatic hydroxyl groups is 1. The first-order valence-electron chi connectivity index (χ1n) is 4.36. The van der Waals surface area contributed by atoms with Gasteiger partial charge in [-0.3, -0.25) is 0 Å². The number of nitrogens with zero attached hydrogens (tertiary/aromatic N) is 1. The van der Waals surface area contributed by atoms with Crippen LogP contribution in [0.4, 0.5) is 0 Å². The minimum absolute atomic E-state index is 0.0492. The van der Waals surface area contributed by atoms with Crippen LogP contribution in [0, 0.1) is 0 Å². The van der Waals surface area contributed by atoms with E-state index in [0.29, 0.717) is 11.1 Å². The van der Waals surface area contributed by atoms with Crippen LogP contribution in [0.2, 0.25) is 0 Å². The molecule has 5 heteroatoms. The van der Waals surface area contributed by atoms with Crippen molar-refractivity contribution in [3.63, 3.8) is 0 Å². The molecule has 1 heterocycles. The summed E-state index contributed by atoms with van der Waals surface area (Å²) in [5.41, 5.74) is 6.56. The Labute approximate surface area is 85.4 Å². The summed E-state index contributed by atoms with van der Waals surface area (Å²) in [6.45, 7) is 0. The normalized spacial score (nSPS) is 12.1. The SMILES string of the molecule is N/C(Cc1cc2ccoc2cc1O)=N\O. The first-order chi connectivity index (χ1) is 7.20. The van der Waals surface area contributed by atoms with E-state index in [-0.39, 0.29) is 18.0 Å². The van der Waals surface area contributed by atoms with Gasteiger partial charge in [0.05, 0.1) is 6.26 Å². The molecule has 1 aromatic carbocycles. The largest absolute Gasteiger partial charge is 0.508 e. The van der Waals surface area contributed by atoms with Crippen LogP contribution in [0.3, 0.4) is 0 Å². The van der Waals surface area contributed by atoms with E-state index in [9.17, 15) is 5.11 Å². The number of nitrogens with two attached hydrogens (primary N) is 1. The first kappa shape index (κ1) is 9.39. The molecule has 0 unspecified atom stereocenters. The van der Waals surface area contributed by atoms with Crippen LogP contribution >= 0.6 is 0 Å². The van der Waals surface area contributed by atoms with Gasteiger partial charge in [0.15, 0.2) is 0 Å². The Morgan fingerprint density at radius 2 is 2.27 bits per heavy atom. The molecule has 0 radical (unpaired) electrons. The lowest BCUT2D eigenvalue weighted by atomic mass is 10.1. The molecule has 0 aliphatic carbocycles. The molecular weight excluding hydrogens is 196 g/mol. The van der Waals surface area contributed by atoms with E-state index in [1.165, 1.54) is 12.3 Å². The standard InChI is InChI=1S/C10H10N2O3/c11-10(12-14)4-7-3-6-1-2-15-9(6)5-8(7)13/h1-3,5,13-14H,4H2,(H2,11,12). The smallest absolute Gasteiger partial charge is 0.143 e. The fourth-order valence-electron chi connectivity index (χ4n) is 1.42. The number of fused-ring (bicyclic) bond motifs is 1. The second-order valence-corrected chi connectivity index (χ2v) is 3.21. The molecule has 0 atom stereocenters. The molecule has 0 saturated carbocycles. The molecule has 4 N–H and O–H groups in total. The Bertz CT molecular complexity index is 516. The molecule has 15 heavy (non-hydrogen) atoms. The Morgan fingerprint density at radius 1 is 1.47 bits per heavy atom. The fraction of sp³-hybridized carbons (Fsp3) is 0.100. The number of oxime groups is 1. The Kier molecular flexibility index (Phi) is 2.21.